The Morgan fingerprint density at radius 3 is 2.56 bits per heavy atom. The molecule has 1 N–H and O–H groups in total. The van der Waals surface area contributed by atoms with Crippen LogP contribution in [0.2, 0.25) is 0 Å². The van der Waals surface area contributed by atoms with Gasteiger partial charge < -0.3 is 9.73 Å². The Morgan fingerprint density at radius 2 is 1.80 bits per heavy atom. The second-order valence-corrected chi connectivity index (χ2v) is 5.62. The van der Waals surface area contributed by atoms with E-state index in [1.54, 1.807) is 37.3 Å². The molecule has 3 aromatic rings. The minimum Gasteiger partial charge on any atom is -0.456 e. The van der Waals surface area contributed by atoms with Crippen LogP contribution in [0, 0.1) is 6.92 Å². The third kappa shape index (κ3) is 2.27. The third-order valence-electron chi connectivity index (χ3n) is 4.04. The van der Waals surface area contributed by atoms with E-state index < -0.39 is 17.5 Å². The Balaban J connectivity index is 1.82. The molecule has 0 bridgehead atoms. The number of carbonyl (C=O) groups excluding carboxylic acids is 3. The first-order valence-electron chi connectivity index (χ1n) is 7.62. The number of fused-ring (bicyclic) bond motifs is 2. The van der Waals surface area contributed by atoms with Crippen LogP contribution in [0.25, 0.3) is 0 Å². The number of nitrogens with one attached hydrogen (secondary N) is 1. The van der Waals surface area contributed by atoms with E-state index in [4.69, 9.17) is 4.42 Å². The molecule has 0 saturated carbocycles. The zero-order valence-corrected chi connectivity index (χ0v) is 13.2. The molecule has 0 spiro atoms. The molecule has 2 heterocycles. The minimum absolute atomic E-state index is 0.0258. The van der Waals surface area contributed by atoms with Crippen LogP contribution in [-0.4, -0.2) is 22.5 Å². The molecule has 1 aliphatic carbocycles. The molecule has 0 unspecified atom stereocenters. The normalized spacial score (nSPS) is 12.5. The molecule has 0 radical (unpaired) electrons. The maximum absolute atomic E-state index is 12.8. The maximum Gasteiger partial charge on any atom is 0.259 e. The molecular formula is C19H12N2O4. The van der Waals surface area contributed by atoms with E-state index in [1.165, 1.54) is 12.3 Å². The van der Waals surface area contributed by atoms with Crippen LogP contribution < -0.4 is 5.32 Å². The number of para-hydroxylation sites is 1. The van der Waals surface area contributed by atoms with Gasteiger partial charge in [0, 0.05) is 11.9 Å². The molecule has 25 heavy (non-hydrogen) atoms. The SMILES string of the molecule is Cc1oc2c(c1C(=O)Nc1ccccc1)C(=O)c1ncccc1C2=O. The van der Waals surface area contributed by atoms with Gasteiger partial charge in [-0.25, -0.2) is 0 Å². The van der Waals surface area contributed by atoms with Crippen LogP contribution in [-0.2, 0) is 0 Å². The van der Waals surface area contributed by atoms with Crippen molar-refractivity contribution in [3.05, 3.63) is 82.6 Å². The minimum atomic E-state index is -0.505. The number of pyridine rings is 1. The highest BCUT2D eigenvalue weighted by Gasteiger charge is 2.39. The number of carbonyl (C=O) groups is 3. The number of aryl methyl sites for hydroxylation is 1. The van der Waals surface area contributed by atoms with Gasteiger partial charge in [-0.05, 0) is 31.2 Å². The lowest BCUT2D eigenvalue weighted by Gasteiger charge is -2.12. The Hall–Kier alpha value is -3.54. The summed E-state index contributed by atoms with van der Waals surface area (Å²) in [5.74, 6) is -1.33. The van der Waals surface area contributed by atoms with Crippen LogP contribution in [0.15, 0.2) is 53.1 Å². The van der Waals surface area contributed by atoms with Gasteiger partial charge in [0.1, 0.15) is 11.5 Å². The number of furan rings is 1. The zero-order valence-electron chi connectivity index (χ0n) is 13.2. The monoisotopic (exact) mass is 332 g/mol. The van der Waals surface area contributed by atoms with Gasteiger partial charge in [0.25, 0.3) is 5.91 Å². The van der Waals surface area contributed by atoms with Crippen LogP contribution in [0.5, 0.6) is 0 Å². The quantitative estimate of drug-likeness (QED) is 0.609. The highest BCUT2D eigenvalue weighted by Crippen LogP contribution is 2.32. The average molecular weight is 332 g/mol. The average Bonchev–Trinajstić information content (AvgIpc) is 2.98. The largest absolute Gasteiger partial charge is 0.456 e. The second kappa shape index (κ2) is 5.52. The number of hydrogen-bond acceptors (Lipinski definition) is 5. The van der Waals surface area contributed by atoms with E-state index in [0.29, 0.717) is 5.69 Å². The Bertz CT molecular complexity index is 1030. The van der Waals surface area contributed by atoms with Gasteiger partial charge in [-0.2, -0.15) is 0 Å². The standard InChI is InChI=1S/C19H12N2O4/c1-10-13(19(24)21-11-6-3-2-4-7-11)14-17(23)15-12(8-5-9-20-15)16(22)18(14)25-10/h2-9H,1H3,(H,21,24). The van der Waals surface area contributed by atoms with Gasteiger partial charge in [-0.1, -0.05) is 18.2 Å². The van der Waals surface area contributed by atoms with Gasteiger partial charge in [0.05, 0.1) is 16.7 Å². The molecule has 0 aliphatic heterocycles. The predicted molar refractivity (Wildman–Crippen MR) is 88.9 cm³/mol. The van der Waals surface area contributed by atoms with Crippen molar-refractivity contribution in [1.29, 1.82) is 0 Å². The van der Waals surface area contributed by atoms with E-state index >= 15 is 0 Å². The Labute approximate surface area is 142 Å². The Morgan fingerprint density at radius 1 is 1.04 bits per heavy atom. The third-order valence-corrected chi connectivity index (χ3v) is 4.04. The van der Waals surface area contributed by atoms with Crippen molar-refractivity contribution in [2.75, 3.05) is 5.32 Å². The fourth-order valence-electron chi connectivity index (χ4n) is 2.92. The lowest BCUT2D eigenvalue weighted by Crippen LogP contribution is -2.24. The molecule has 0 saturated heterocycles. The van der Waals surface area contributed by atoms with Crippen molar-refractivity contribution in [1.82, 2.24) is 4.98 Å². The number of hydrogen-bond donors (Lipinski definition) is 1. The first-order chi connectivity index (χ1) is 12.1. The number of amides is 1. The first-order valence-corrected chi connectivity index (χ1v) is 7.62. The molecule has 4 rings (SSSR count). The Kier molecular flexibility index (Phi) is 3.32. The molecule has 0 fully saturated rings. The molecule has 2 aromatic heterocycles. The highest BCUT2D eigenvalue weighted by atomic mass is 16.4. The molecule has 6 nitrogen and oxygen atoms in total. The van der Waals surface area contributed by atoms with Crippen molar-refractivity contribution in [3.63, 3.8) is 0 Å². The predicted octanol–water partition coefficient (Wildman–Crippen LogP) is 3.01. The second-order valence-electron chi connectivity index (χ2n) is 5.62. The summed E-state index contributed by atoms with van der Waals surface area (Å²) in [6.07, 6.45) is 1.44. The summed E-state index contributed by atoms with van der Waals surface area (Å²) in [6, 6.07) is 11.9. The van der Waals surface area contributed by atoms with Gasteiger partial charge in [0.2, 0.25) is 11.6 Å². The molecule has 1 amide bonds. The first kappa shape index (κ1) is 15.0. The van der Waals surface area contributed by atoms with Crippen LogP contribution in [0.4, 0.5) is 5.69 Å². The summed E-state index contributed by atoms with van der Waals surface area (Å²) in [6.45, 7) is 1.55. The molecule has 1 aromatic carbocycles. The maximum atomic E-state index is 12.8. The molecule has 6 heteroatoms. The van der Waals surface area contributed by atoms with Gasteiger partial charge in [-0.3, -0.25) is 19.4 Å². The van der Waals surface area contributed by atoms with Crippen molar-refractivity contribution in [2.24, 2.45) is 0 Å². The van der Waals surface area contributed by atoms with Crippen LogP contribution in [0.3, 0.4) is 0 Å². The lowest BCUT2D eigenvalue weighted by atomic mass is 9.89. The van der Waals surface area contributed by atoms with E-state index in [1.807, 2.05) is 6.07 Å². The fourth-order valence-corrected chi connectivity index (χ4v) is 2.92. The molecule has 122 valence electrons. The van der Waals surface area contributed by atoms with Crippen molar-refractivity contribution in [2.45, 2.75) is 6.92 Å². The smallest absolute Gasteiger partial charge is 0.259 e. The van der Waals surface area contributed by atoms with E-state index in [9.17, 15) is 14.4 Å². The number of aromatic nitrogens is 1. The summed E-state index contributed by atoms with van der Waals surface area (Å²) in [7, 11) is 0. The van der Waals surface area contributed by atoms with Gasteiger partial charge in [0.15, 0.2) is 5.76 Å². The van der Waals surface area contributed by atoms with Crippen LogP contribution in [0.1, 0.15) is 48.3 Å². The van der Waals surface area contributed by atoms with Gasteiger partial charge >= 0.3 is 0 Å². The van der Waals surface area contributed by atoms with E-state index in [2.05, 4.69) is 10.3 Å². The number of anilines is 1. The fraction of sp³-hybridized carbons (Fsp3) is 0.0526. The van der Waals surface area contributed by atoms with Crippen molar-refractivity contribution < 1.29 is 18.8 Å². The van der Waals surface area contributed by atoms with Gasteiger partial charge in [-0.15, -0.1) is 0 Å². The number of nitrogens with zero attached hydrogens (tertiary/aromatic N) is 1. The number of benzene rings is 1. The van der Waals surface area contributed by atoms with E-state index in [0.717, 1.165) is 0 Å². The zero-order chi connectivity index (χ0) is 17.6. The number of rotatable bonds is 2. The topological polar surface area (TPSA) is 89.3 Å². The van der Waals surface area contributed by atoms with Crippen LogP contribution >= 0.6 is 0 Å². The van der Waals surface area contributed by atoms with E-state index in [-0.39, 0.29) is 33.9 Å². The summed E-state index contributed by atoms with van der Waals surface area (Å²) in [5.41, 5.74) is 0.837. The summed E-state index contributed by atoms with van der Waals surface area (Å²) >= 11 is 0. The molecule has 1 aliphatic rings. The molecule has 0 atom stereocenters. The summed E-state index contributed by atoms with van der Waals surface area (Å²) < 4.78 is 5.48. The lowest BCUT2D eigenvalue weighted by molar-refractivity contribution is 0.0953. The van der Waals surface area contributed by atoms with Crippen molar-refractivity contribution in [3.8, 4) is 0 Å². The number of ketones is 2. The molecular weight excluding hydrogens is 320 g/mol. The summed E-state index contributed by atoms with van der Waals surface area (Å²) in [4.78, 5) is 42.0. The highest BCUT2D eigenvalue weighted by molar-refractivity contribution is 6.30. The summed E-state index contributed by atoms with van der Waals surface area (Å²) in [5, 5.41) is 2.71. The van der Waals surface area contributed by atoms with Crippen molar-refractivity contribution >= 4 is 23.2 Å².